The third-order valence-electron chi connectivity index (χ3n) is 2.72. The molecule has 0 spiro atoms. The summed E-state index contributed by atoms with van der Waals surface area (Å²) in [7, 11) is 2.09. The predicted octanol–water partition coefficient (Wildman–Crippen LogP) is 1.14. The number of likely N-dealkylation sites (N-methyl/N-ethyl adjacent to an activating group) is 1. The maximum atomic E-state index is 7.48. The van der Waals surface area contributed by atoms with E-state index in [-0.39, 0.29) is 6.04 Å². The summed E-state index contributed by atoms with van der Waals surface area (Å²) in [5.41, 5.74) is 5.55. The van der Waals surface area contributed by atoms with Crippen LogP contribution in [0.25, 0.3) is 0 Å². The van der Waals surface area contributed by atoms with Gasteiger partial charge in [-0.2, -0.15) is 11.8 Å². The highest BCUT2D eigenvalue weighted by Crippen LogP contribution is 2.23. The summed E-state index contributed by atoms with van der Waals surface area (Å²) in [4.78, 5) is 2.27. The van der Waals surface area contributed by atoms with Crippen LogP contribution in [0.15, 0.2) is 0 Å². The average Bonchev–Trinajstić information content (AvgIpc) is 2.56. The molecule has 0 aromatic rings. The Balaban J connectivity index is 2.51. The van der Waals surface area contributed by atoms with Crippen LogP contribution in [0.5, 0.6) is 0 Å². The summed E-state index contributed by atoms with van der Waals surface area (Å²) in [5, 5.41) is 7.48. The number of rotatable bonds is 4. The lowest BCUT2D eigenvalue weighted by Gasteiger charge is -2.31. The second-order valence-electron chi connectivity index (χ2n) is 3.56. The van der Waals surface area contributed by atoms with Crippen LogP contribution in [0, 0.1) is 5.41 Å². The van der Waals surface area contributed by atoms with E-state index in [4.69, 9.17) is 11.1 Å². The average molecular weight is 201 g/mol. The van der Waals surface area contributed by atoms with E-state index in [9.17, 15) is 0 Å². The van der Waals surface area contributed by atoms with Crippen molar-refractivity contribution in [3.63, 3.8) is 0 Å². The van der Waals surface area contributed by atoms with Gasteiger partial charge in [-0.05, 0) is 25.6 Å². The van der Waals surface area contributed by atoms with Gasteiger partial charge in [-0.1, -0.05) is 6.92 Å². The molecule has 0 saturated carbocycles. The molecule has 0 aromatic carbocycles. The van der Waals surface area contributed by atoms with Crippen molar-refractivity contribution in [2.75, 3.05) is 18.6 Å². The van der Waals surface area contributed by atoms with Gasteiger partial charge >= 0.3 is 0 Å². The molecule has 0 bridgehead atoms. The Hall–Kier alpha value is -0.220. The highest BCUT2D eigenvalue weighted by atomic mass is 32.2. The van der Waals surface area contributed by atoms with Gasteiger partial charge in [0, 0.05) is 11.8 Å². The van der Waals surface area contributed by atoms with E-state index < -0.39 is 0 Å². The molecule has 3 N–H and O–H groups in total. The second kappa shape index (κ2) is 4.86. The van der Waals surface area contributed by atoms with Gasteiger partial charge in [0.25, 0.3) is 0 Å². The van der Waals surface area contributed by atoms with Crippen molar-refractivity contribution in [3.8, 4) is 0 Å². The molecule has 1 rings (SSSR count). The van der Waals surface area contributed by atoms with Gasteiger partial charge in [-0.25, -0.2) is 0 Å². The zero-order valence-electron chi connectivity index (χ0n) is 8.42. The number of thioether (sulfide) groups is 1. The molecular formula is C9H19N3S. The Morgan fingerprint density at radius 3 is 2.85 bits per heavy atom. The summed E-state index contributed by atoms with van der Waals surface area (Å²) < 4.78 is 0. The van der Waals surface area contributed by atoms with Crippen molar-refractivity contribution in [1.82, 2.24) is 4.90 Å². The van der Waals surface area contributed by atoms with E-state index in [2.05, 4.69) is 18.9 Å². The van der Waals surface area contributed by atoms with Crippen LogP contribution in [0.3, 0.4) is 0 Å². The van der Waals surface area contributed by atoms with Crippen LogP contribution in [0.1, 0.15) is 19.8 Å². The predicted molar refractivity (Wildman–Crippen MR) is 59.5 cm³/mol. The van der Waals surface area contributed by atoms with Crippen LogP contribution in [-0.4, -0.2) is 41.4 Å². The Kier molecular flexibility index (Phi) is 4.06. The Morgan fingerprint density at radius 2 is 2.46 bits per heavy atom. The SMILES string of the molecule is CCC(C(=N)N)N(C)C1CCSC1. The lowest BCUT2D eigenvalue weighted by atomic mass is 10.1. The fraction of sp³-hybridized carbons (Fsp3) is 0.889. The molecule has 13 heavy (non-hydrogen) atoms. The van der Waals surface area contributed by atoms with Gasteiger partial charge in [0.2, 0.25) is 0 Å². The van der Waals surface area contributed by atoms with Crippen LogP contribution >= 0.6 is 11.8 Å². The normalized spacial score (nSPS) is 25.0. The van der Waals surface area contributed by atoms with Gasteiger partial charge < -0.3 is 5.73 Å². The topological polar surface area (TPSA) is 53.1 Å². The van der Waals surface area contributed by atoms with Gasteiger partial charge in [0.05, 0.1) is 6.04 Å². The van der Waals surface area contributed by atoms with Crippen molar-refractivity contribution in [3.05, 3.63) is 0 Å². The molecule has 1 aliphatic rings. The van der Waals surface area contributed by atoms with E-state index in [1.54, 1.807) is 0 Å². The number of nitrogens with two attached hydrogens (primary N) is 1. The molecule has 0 radical (unpaired) electrons. The Bertz CT molecular complexity index is 178. The third-order valence-corrected chi connectivity index (χ3v) is 3.86. The zero-order valence-corrected chi connectivity index (χ0v) is 9.23. The van der Waals surface area contributed by atoms with Crippen molar-refractivity contribution in [1.29, 1.82) is 5.41 Å². The summed E-state index contributed by atoms with van der Waals surface area (Å²) in [6, 6.07) is 0.766. The van der Waals surface area contributed by atoms with E-state index >= 15 is 0 Å². The number of nitrogens with zero attached hydrogens (tertiary/aromatic N) is 1. The highest BCUT2D eigenvalue weighted by Gasteiger charge is 2.26. The standard InChI is InChI=1S/C9H19N3S/c1-3-8(9(10)11)12(2)7-4-5-13-6-7/h7-8H,3-6H2,1-2H3,(H3,10,11). The summed E-state index contributed by atoms with van der Waals surface area (Å²) in [6.45, 7) is 2.09. The molecule has 1 heterocycles. The van der Waals surface area contributed by atoms with Crippen LogP contribution in [-0.2, 0) is 0 Å². The summed E-state index contributed by atoms with van der Waals surface area (Å²) in [6.07, 6.45) is 2.18. The molecule has 2 unspecified atom stereocenters. The number of nitrogens with one attached hydrogen (secondary N) is 1. The molecule has 1 saturated heterocycles. The maximum Gasteiger partial charge on any atom is 0.108 e. The van der Waals surface area contributed by atoms with E-state index in [1.165, 1.54) is 17.9 Å². The van der Waals surface area contributed by atoms with Crippen molar-refractivity contribution in [2.45, 2.75) is 31.8 Å². The highest BCUT2D eigenvalue weighted by molar-refractivity contribution is 7.99. The van der Waals surface area contributed by atoms with E-state index in [0.717, 1.165) is 6.42 Å². The summed E-state index contributed by atoms with van der Waals surface area (Å²) >= 11 is 2.00. The van der Waals surface area contributed by atoms with Crippen LogP contribution in [0.2, 0.25) is 0 Å². The second-order valence-corrected chi connectivity index (χ2v) is 4.71. The minimum absolute atomic E-state index is 0.142. The maximum absolute atomic E-state index is 7.48. The number of hydrogen-bond acceptors (Lipinski definition) is 3. The molecule has 3 nitrogen and oxygen atoms in total. The fourth-order valence-corrected chi connectivity index (χ4v) is 3.10. The molecule has 0 aromatic heterocycles. The largest absolute Gasteiger partial charge is 0.386 e. The summed E-state index contributed by atoms with van der Waals surface area (Å²) in [5.74, 6) is 2.76. The van der Waals surface area contributed by atoms with Crippen LogP contribution in [0.4, 0.5) is 0 Å². The first-order chi connectivity index (χ1) is 6.16. The fourth-order valence-electron chi connectivity index (χ4n) is 1.83. The zero-order chi connectivity index (χ0) is 9.84. The monoisotopic (exact) mass is 201 g/mol. The third kappa shape index (κ3) is 2.61. The molecule has 0 amide bonds. The first-order valence-electron chi connectivity index (χ1n) is 4.80. The molecular weight excluding hydrogens is 182 g/mol. The van der Waals surface area contributed by atoms with Crippen LogP contribution < -0.4 is 5.73 Å². The first-order valence-corrected chi connectivity index (χ1v) is 5.95. The lowest BCUT2D eigenvalue weighted by Crippen LogP contribution is -2.47. The lowest BCUT2D eigenvalue weighted by molar-refractivity contribution is 0.225. The van der Waals surface area contributed by atoms with Gasteiger partial charge in [-0.15, -0.1) is 0 Å². The van der Waals surface area contributed by atoms with Crippen molar-refractivity contribution >= 4 is 17.6 Å². The number of amidine groups is 1. The smallest absolute Gasteiger partial charge is 0.108 e. The molecule has 4 heteroatoms. The Labute approximate surface area is 84.6 Å². The molecule has 1 aliphatic heterocycles. The van der Waals surface area contributed by atoms with Gasteiger partial charge in [0.1, 0.15) is 5.84 Å². The quantitative estimate of drug-likeness (QED) is 0.530. The number of hydrogen-bond donors (Lipinski definition) is 2. The van der Waals surface area contributed by atoms with E-state index in [1.807, 2.05) is 11.8 Å². The van der Waals surface area contributed by atoms with Crippen molar-refractivity contribution in [2.24, 2.45) is 5.73 Å². The first kappa shape index (κ1) is 10.9. The molecule has 76 valence electrons. The molecule has 1 fully saturated rings. The minimum Gasteiger partial charge on any atom is -0.386 e. The molecule has 2 atom stereocenters. The molecule has 0 aliphatic carbocycles. The minimum atomic E-state index is 0.142. The van der Waals surface area contributed by atoms with E-state index in [0.29, 0.717) is 11.9 Å². The van der Waals surface area contributed by atoms with Crippen molar-refractivity contribution < 1.29 is 0 Å². The Morgan fingerprint density at radius 1 is 1.77 bits per heavy atom. The van der Waals surface area contributed by atoms with Gasteiger partial charge in [-0.3, -0.25) is 10.3 Å². The van der Waals surface area contributed by atoms with Gasteiger partial charge in [0.15, 0.2) is 0 Å².